The van der Waals surface area contributed by atoms with Crippen LogP contribution in [0.15, 0.2) is 18.2 Å². The number of rotatable bonds is 6. The first kappa shape index (κ1) is 14.4. The molecule has 1 aromatic heterocycles. The van der Waals surface area contributed by atoms with Gasteiger partial charge in [0.15, 0.2) is 0 Å². The highest BCUT2D eigenvalue weighted by molar-refractivity contribution is 6.17. The van der Waals surface area contributed by atoms with Gasteiger partial charge in [0.1, 0.15) is 5.82 Å². The Balaban J connectivity index is 2.36. The zero-order valence-electron chi connectivity index (χ0n) is 12.0. The van der Waals surface area contributed by atoms with E-state index >= 15 is 0 Å². The van der Waals surface area contributed by atoms with Gasteiger partial charge in [0.2, 0.25) is 0 Å². The lowest BCUT2D eigenvalue weighted by Gasteiger charge is -2.16. The summed E-state index contributed by atoms with van der Waals surface area (Å²) in [5, 5.41) is 0. The van der Waals surface area contributed by atoms with Gasteiger partial charge in [-0.1, -0.05) is 13.0 Å². The molecule has 0 saturated carbocycles. The van der Waals surface area contributed by atoms with Crippen LogP contribution in [0.25, 0.3) is 11.0 Å². The Morgan fingerprint density at radius 1 is 1.37 bits per heavy atom. The van der Waals surface area contributed by atoms with Gasteiger partial charge in [-0.25, -0.2) is 4.98 Å². The van der Waals surface area contributed by atoms with Crippen LogP contribution in [0.4, 0.5) is 0 Å². The largest absolute Gasteiger partial charge is 0.327 e. The Bertz CT molecular complexity index is 548. The molecule has 0 atom stereocenters. The molecule has 1 heterocycles. The fourth-order valence-electron chi connectivity index (χ4n) is 2.24. The van der Waals surface area contributed by atoms with Crippen molar-refractivity contribution in [1.82, 2.24) is 14.5 Å². The molecule has 0 amide bonds. The molecule has 0 bridgehead atoms. The number of halogens is 1. The number of likely N-dealkylation sites (N-methyl/N-ethyl adjacent to an activating group) is 1. The molecule has 2 aromatic rings. The molecule has 0 saturated heterocycles. The number of benzene rings is 1. The summed E-state index contributed by atoms with van der Waals surface area (Å²) in [5.41, 5.74) is 3.57. The van der Waals surface area contributed by atoms with E-state index in [4.69, 9.17) is 16.6 Å². The Kier molecular flexibility index (Phi) is 4.83. The van der Waals surface area contributed by atoms with E-state index in [1.165, 1.54) is 11.1 Å². The topological polar surface area (TPSA) is 21.1 Å². The molecule has 4 heteroatoms. The van der Waals surface area contributed by atoms with Gasteiger partial charge in [-0.05, 0) is 38.2 Å². The van der Waals surface area contributed by atoms with Crippen LogP contribution in [0.2, 0.25) is 0 Å². The number of nitrogens with zero attached hydrogens (tertiary/aromatic N) is 3. The minimum absolute atomic E-state index is 0.617. The third-order valence-corrected chi connectivity index (χ3v) is 3.74. The molecule has 0 fully saturated rings. The number of hydrogen-bond donors (Lipinski definition) is 0. The summed E-state index contributed by atoms with van der Waals surface area (Å²) in [6.07, 6.45) is 0.825. The van der Waals surface area contributed by atoms with Crippen molar-refractivity contribution in [1.29, 1.82) is 0 Å². The Labute approximate surface area is 120 Å². The van der Waals surface area contributed by atoms with Gasteiger partial charge in [0.25, 0.3) is 0 Å². The summed E-state index contributed by atoms with van der Waals surface area (Å²) in [5.74, 6) is 1.71. The first-order valence-electron chi connectivity index (χ1n) is 6.86. The number of hydrogen-bond acceptors (Lipinski definition) is 2. The van der Waals surface area contributed by atoms with Crippen LogP contribution < -0.4 is 0 Å². The van der Waals surface area contributed by atoms with Crippen molar-refractivity contribution >= 4 is 22.6 Å². The summed E-state index contributed by atoms with van der Waals surface area (Å²) >= 11 is 5.89. The van der Waals surface area contributed by atoms with Crippen LogP contribution in [0.1, 0.15) is 18.3 Å². The molecule has 0 N–H and O–H groups in total. The van der Waals surface area contributed by atoms with E-state index in [-0.39, 0.29) is 0 Å². The average molecular weight is 280 g/mol. The van der Waals surface area contributed by atoms with Crippen molar-refractivity contribution in [2.24, 2.45) is 0 Å². The zero-order chi connectivity index (χ0) is 13.8. The Morgan fingerprint density at radius 3 is 2.84 bits per heavy atom. The van der Waals surface area contributed by atoms with Crippen molar-refractivity contribution < 1.29 is 0 Å². The van der Waals surface area contributed by atoms with E-state index in [1.807, 2.05) is 0 Å². The van der Waals surface area contributed by atoms with Crippen molar-refractivity contribution in [3.05, 3.63) is 29.6 Å². The van der Waals surface area contributed by atoms with Crippen LogP contribution in [0, 0.1) is 6.92 Å². The highest BCUT2D eigenvalue weighted by Gasteiger charge is 2.10. The number of aromatic nitrogens is 2. The van der Waals surface area contributed by atoms with Crippen LogP contribution >= 0.6 is 11.6 Å². The monoisotopic (exact) mass is 279 g/mol. The third kappa shape index (κ3) is 3.28. The van der Waals surface area contributed by atoms with E-state index < -0.39 is 0 Å². The van der Waals surface area contributed by atoms with E-state index in [9.17, 15) is 0 Å². The molecule has 0 unspecified atom stereocenters. The van der Waals surface area contributed by atoms with Crippen molar-refractivity contribution in [3.8, 4) is 0 Å². The van der Waals surface area contributed by atoms with Gasteiger partial charge in [-0.15, -0.1) is 11.6 Å². The fraction of sp³-hybridized carbons (Fsp3) is 0.533. The zero-order valence-corrected chi connectivity index (χ0v) is 12.7. The molecular weight excluding hydrogens is 258 g/mol. The second kappa shape index (κ2) is 6.40. The molecule has 0 radical (unpaired) electrons. The third-order valence-electron chi connectivity index (χ3n) is 3.55. The number of fused-ring (bicyclic) bond motifs is 1. The predicted molar refractivity (Wildman–Crippen MR) is 82.1 cm³/mol. The summed E-state index contributed by atoms with van der Waals surface area (Å²) in [7, 11) is 2.14. The summed E-state index contributed by atoms with van der Waals surface area (Å²) in [6, 6.07) is 6.43. The molecule has 104 valence electrons. The van der Waals surface area contributed by atoms with Gasteiger partial charge in [0.05, 0.1) is 11.0 Å². The Hall–Kier alpha value is -1.06. The van der Waals surface area contributed by atoms with Gasteiger partial charge < -0.3 is 9.47 Å². The lowest BCUT2D eigenvalue weighted by atomic mass is 10.2. The SMILES string of the molecule is CCN(C)CCn1c(CCCl)nc2ccc(C)cc21. The minimum atomic E-state index is 0.617. The standard InChI is InChI=1S/C15H22ClN3/c1-4-18(3)9-10-19-14-11-12(2)5-6-13(14)17-15(19)7-8-16/h5-6,11H,4,7-10H2,1-3H3. The summed E-state index contributed by atoms with van der Waals surface area (Å²) in [4.78, 5) is 7.02. The molecular formula is C15H22ClN3. The lowest BCUT2D eigenvalue weighted by molar-refractivity contribution is 0.335. The van der Waals surface area contributed by atoms with Crippen molar-refractivity contribution in [3.63, 3.8) is 0 Å². The highest BCUT2D eigenvalue weighted by Crippen LogP contribution is 2.18. The Morgan fingerprint density at radius 2 is 2.16 bits per heavy atom. The molecule has 2 rings (SSSR count). The molecule has 0 aliphatic heterocycles. The maximum absolute atomic E-state index is 5.89. The van der Waals surface area contributed by atoms with Gasteiger partial charge in [-0.2, -0.15) is 0 Å². The summed E-state index contributed by atoms with van der Waals surface area (Å²) in [6.45, 7) is 7.37. The molecule has 19 heavy (non-hydrogen) atoms. The lowest BCUT2D eigenvalue weighted by Crippen LogP contribution is -2.23. The minimum Gasteiger partial charge on any atom is -0.327 e. The normalized spacial score (nSPS) is 11.6. The van der Waals surface area contributed by atoms with Gasteiger partial charge in [-0.3, -0.25) is 0 Å². The predicted octanol–water partition coefficient (Wildman–Crippen LogP) is 3.08. The van der Waals surface area contributed by atoms with Crippen LogP contribution in [-0.4, -0.2) is 40.5 Å². The second-order valence-corrected chi connectivity index (χ2v) is 5.38. The van der Waals surface area contributed by atoms with Crippen LogP contribution in [0.5, 0.6) is 0 Å². The molecule has 0 aliphatic carbocycles. The molecule has 0 spiro atoms. The molecule has 3 nitrogen and oxygen atoms in total. The van der Waals surface area contributed by atoms with E-state index in [1.54, 1.807) is 0 Å². The molecule has 0 aliphatic rings. The first-order valence-corrected chi connectivity index (χ1v) is 7.39. The number of imidazole rings is 1. The van der Waals surface area contributed by atoms with Crippen LogP contribution in [-0.2, 0) is 13.0 Å². The number of alkyl halides is 1. The molecule has 1 aromatic carbocycles. The maximum Gasteiger partial charge on any atom is 0.111 e. The smallest absolute Gasteiger partial charge is 0.111 e. The van der Waals surface area contributed by atoms with Gasteiger partial charge >= 0.3 is 0 Å². The average Bonchev–Trinajstić information content (AvgIpc) is 2.73. The van der Waals surface area contributed by atoms with Crippen LogP contribution in [0.3, 0.4) is 0 Å². The van der Waals surface area contributed by atoms with Crippen molar-refractivity contribution in [2.75, 3.05) is 26.0 Å². The van der Waals surface area contributed by atoms with Crippen molar-refractivity contribution in [2.45, 2.75) is 26.8 Å². The highest BCUT2D eigenvalue weighted by atomic mass is 35.5. The van der Waals surface area contributed by atoms with Gasteiger partial charge in [0, 0.05) is 25.4 Å². The fourth-order valence-corrected chi connectivity index (χ4v) is 2.41. The maximum atomic E-state index is 5.89. The summed E-state index contributed by atoms with van der Waals surface area (Å²) < 4.78 is 2.32. The van der Waals surface area contributed by atoms with E-state index in [0.717, 1.165) is 37.4 Å². The second-order valence-electron chi connectivity index (χ2n) is 5.01. The number of aryl methyl sites for hydroxylation is 2. The quantitative estimate of drug-likeness (QED) is 0.758. The first-order chi connectivity index (χ1) is 9.15. The van der Waals surface area contributed by atoms with E-state index in [2.05, 4.69) is 48.6 Å². The van der Waals surface area contributed by atoms with E-state index in [0.29, 0.717) is 5.88 Å².